The van der Waals surface area contributed by atoms with Gasteiger partial charge in [0, 0.05) is 6.54 Å². The molecule has 1 atom stereocenters. The van der Waals surface area contributed by atoms with Crippen molar-refractivity contribution >= 4 is 6.09 Å². The van der Waals surface area contributed by atoms with E-state index >= 15 is 0 Å². The van der Waals surface area contributed by atoms with Crippen LogP contribution in [0.15, 0.2) is 30.3 Å². The van der Waals surface area contributed by atoms with Crippen molar-refractivity contribution in [1.29, 1.82) is 0 Å². The second-order valence-electron chi connectivity index (χ2n) is 4.66. The van der Waals surface area contributed by atoms with Crippen molar-refractivity contribution in [2.45, 2.75) is 38.9 Å². The Bertz CT molecular complexity index is 363. The van der Waals surface area contributed by atoms with Crippen LogP contribution in [0, 0.1) is 0 Å². The Balaban J connectivity index is 2.26. The van der Waals surface area contributed by atoms with Crippen molar-refractivity contribution < 1.29 is 14.6 Å². The van der Waals surface area contributed by atoms with Crippen LogP contribution in [-0.4, -0.2) is 23.3 Å². The van der Waals surface area contributed by atoms with E-state index < -0.39 is 11.7 Å². The predicted octanol–water partition coefficient (Wildman–Crippen LogP) is 2.46. The summed E-state index contributed by atoms with van der Waals surface area (Å²) < 4.78 is 5.04. The number of carbonyl (C=O) groups excluding carboxylic acids is 1. The summed E-state index contributed by atoms with van der Waals surface area (Å²) in [5.74, 6) is 0. The third-order valence-corrected chi connectivity index (χ3v) is 2.61. The smallest absolute Gasteiger partial charge is 0.407 e. The number of amides is 1. The number of hydrogen-bond donors (Lipinski definition) is 2. The largest absolute Gasteiger partial charge is 0.445 e. The van der Waals surface area contributed by atoms with E-state index in [2.05, 4.69) is 5.32 Å². The molecule has 0 radical (unpaired) electrons. The van der Waals surface area contributed by atoms with Crippen LogP contribution in [0.3, 0.4) is 0 Å². The fraction of sp³-hybridized carbons (Fsp3) is 0.500. The molecule has 0 saturated heterocycles. The minimum atomic E-state index is -0.874. The second-order valence-corrected chi connectivity index (χ2v) is 4.66. The van der Waals surface area contributed by atoms with Gasteiger partial charge >= 0.3 is 6.09 Å². The Morgan fingerprint density at radius 1 is 1.39 bits per heavy atom. The highest BCUT2D eigenvalue weighted by Gasteiger charge is 2.20. The average molecular weight is 251 g/mol. The first-order valence-electron chi connectivity index (χ1n) is 6.20. The minimum absolute atomic E-state index is 0.203. The number of hydrogen-bond acceptors (Lipinski definition) is 3. The van der Waals surface area contributed by atoms with Crippen molar-refractivity contribution in [1.82, 2.24) is 5.32 Å². The van der Waals surface area contributed by atoms with Crippen molar-refractivity contribution in [3.05, 3.63) is 35.9 Å². The summed E-state index contributed by atoms with van der Waals surface area (Å²) in [5, 5.41) is 12.4. The lowest BCUT2D eigenvalue weighted by molar-refractivity contribution is 0.0468. The Morgan fingerprint density at radius 2 is 2.06 bits per heavy atom. The highest BCUT2D eigenvalue weighted by atomic mass is 16.5. The van der Waals surface area contributed by atoms with Crippen LogP contribution in [0.4, 0.5) is 4.79 Å². The Hall–Kier alpha value is -1.55. The summed E-state index contributed by atoms with van der Waals surface area (Å²) in [6.07, 6.45) is 1.01. The van der Waals surface area contributed by atoms with Gasteiger partial charge in [-0.15, -0.1) is 0 Å². The summed E-state index contributed by atoms with van der Waals surface area (Å²) in [6.45, 7) is 4.13. The van der Waals surface area contributed by atoms with Gasteiger partial charge in [-0.05, 0) is 18.9 Å². The van der Waals surface area contributed by atoms with Gasteiger partial charge in [-0.1, -0.05) is 43.7 Å². The minimum Gasteiger partial charge on any atom is -0.445 e. The number of rotatable bonds is 6. The molecule has 4 nitrogen and oxygen atoms in total. The van der Waals surface area contributed by atoms with E-state index in [0.29, 0.717) is 6.42 Å². The molecule has 0 spiro atoms. The molecule has 1 aromatic rings. The van der Waals surface area contributed by atoms with Crippen LogP contribution < -0.4 is 5.32 Å². The summed E-state index contributed by atoms with van der Waals surface area (Å²) >= 11 is 0. The van der Waals surface area contributed by atoms with Gasteiger partial charge in [-0.25, -0.2) is 4.79 Å². The molecule has 1 rings (SSSR count). The quantitative estimate of drug-likeness (QED) is 0.816. The highest BCUT2D eigenvalue weighted by Crippen LogP contribution is 2.10. The summed E-state index contributed by atoms with van der Waals surface area (Å²) in [6, 6.07) is 9.47. The van der Waals surface area contributed by atoms with Crippen molar-refractivity contribution in [3.8, 4) is 0 Å². The number of nitrogens with one attached hydrogen (secondary N) is 1. The van der Waals surface area contributed by atoms with Crippen LogP contribution >= 0.6 is 0 Å². The zero-order chi connectivity index (χ0) is 13.4. The third kappa shape index (κ3) is 5.68. The molecule has 0 heterocycles. The average Bonchev–Trinajstić information content (AvgIpc) is 2.35. The summed E-state index contributed by atoms with van der Waals surface area (Å²) in [7, 11) is 0. The predicted molar refractivity (Wildman–Crippen MR) is 70.2 cm³/mol. The first-order valence-corrected chi connectivity index (χ1v) is 6.20. The Kier molecular flexibility index (Phi) is 5.65. The number of aliphatic hydroxyl groups is 1. The number of alkyl carbamates (subject to hydrolysis) is 1. The molecule has 0 aliphatic heterocycles. The highest BCUT2D eigenvalue weighted by molar-refractivity contribution is 5.67. The molecule has 18 heavy (non-hydrogen) atoms. The third-order valence-electron chi connectivity index (χ3n) is 2.61. The van der Waals surface area contributed by atoms with Gasteiger partial charge in [0.1, 0.15) is 6.61 Å². The monoisotopic (exact) mass is 251 g/mol. The zero-order valence-electron chi connectivity index (χ0n) is 11.0. The molecule has 1 aromatic carbocycles. The molecule has 0 aliphatic carbocycles. The van der Waals surface area contributed by atoms with Gasteiger partial charge in [0.05, 0.1) is 5.60 Å². The molecule has 0 fully saturated rings. The van der Waals surface area contributed by atoms with E-state index in [1.54, 1.807) is 6.92 Å². The van der Waals surface area contributed by atoms with Gasteiger partial charge < -0.3 is 15.2 Å². The lowest BCUT2D eigenvalue weighted by Gasteiger charge is -2.22. The van der Waals surface area contributed by atoms with Crippen molar-refractivity contribution in [3.63, 3.8) is 0 Å². The van der Waals surface area contributed by atoms with Crippen LogP contribution in [0.2, 0.25) is 0 Å². The maximum Gasteiger partial charge on any atom is 0.407 e. The van der Waals surface area contributed by atoms with Crippen molar-refractivity contribution in [2.24, 2.45) is 0 Å². The van der Waals surface area contributed by atoms with E-state index in [9.17, 15) is 9.90 Å². The number of ether oxygens (including phenoxy) is 1. The molecule has 0 aliphatic rings. The molecular weight excluding hydrogens is 230 g/mol. The Morgan fingerprint density at radius 3 is 2.67 bits per heavy atom. The molecule has 1 unspecified atom stereocenters. The van der Waals surface area contributed by atoms with Crippen LogP contribution in [0.25, 0.3) is 0 Å². The molecule has 0 saturated carbocycles. The van der Waals surface area contributed by atoms with Crippen LogP contribution in [-0.2, 0) is 11.3 Å². The van der Waals surface area contributed by atoms with Gasteiger partial charge in [-0.2, -0.15) is 0 Å². The fourth-order valence-electron chi connectivity index (χ4n) is 1.66. The maximum absolute atomic E-state index is 11.4. The van der Waals surface area contributed by atoms with Crippen molar-refractivity contribution in [2.75, 3.05) is 6.54 Å². The molecule has 0 aromatic heterocycles. The van der Waals surface area contributed by atoms with E-state index in [0.717, 1.165) is 12.0 Å². The van der Waals surface area contributed by atoms with E-state index in [-0.39, 0.29) is 13.2 Å². The zero-order valence-corrected chi connectivity index (χ0v) is 11.0. The van der Waals surface area contributed by atoms with E-state index in [1.165, 1.54) is 0 Å². The SMILES string of the molecule is CCCC(C)(O)CNC(=O)OCc1ccccc1. The van der Waals surface area contributed by atoms with Crippen LogP contribution in [0.1, 0.15) is 32.3 Å². The Labute approximate surface area is 108 Å². The molecule has 100 valence electrons. The fourth-order valence-corrected chi connectivity index (χ4v) is 1.66. The van der Waals surface area contributed by atoms with E-state index in [4.69, 9.17) is 4.74 Å². The lowest BCUT2D eigenvalue weighted by Crippen LogP contribution is -2.40. The second kappa shape index (κ2) is 7.01. The maximum atomic E-state index is 11.4. The first-order chi connectivity index (χ1) is 8.53. The van der Waals surface area contributed by atoms with E-state index in [1.807, 2.05) is 37.3 Å². The lowest BCUT2D eigenvalue weighted by atomic mass is 10.0. The standard InChI is InChI=1S/C14H21NO3/c1-3-9-14(2,17)11-15-13(16)18-10-12-7-5-4-6-8-12/h4-8,17H,3,9-11H2,1-2H3,(H,15,16). The molecule has 0 bridgehead atoms. The molecule has 2 N–H and O–H groups in total. The first kappa shape index (κ1) is 14.5. The van der Waals surface area contributed by atoms with Crippen LogP contribution in [0.5, 0.6) is 0 Å². The number of carbonyl (C=O) groups is 1. The topological polar surface area (TPSA) is 58.6 Å². The summed E-state index contributed by atoms with van der Waals surface area (Å²) in [4.78, 5) is 11.4. The summed E-state index contributed by atoms with van der Waals surface area (Å²) in [5.41, 5.74) is 0.0634. The van der Waals surface area contributed by atoms with Gasteiger partial charge in [-0.3, -0.25) is 0 Å². The molecule has 1 amide bonds. The van der Waals surface area contributed by atoms with Gasteiger partial charge in [0.25, 0.3) is 0 Å². The molecule has 4 heteroatoms. The normalized spacial score (nSPS) is 13.7. The number of benzene rings is 1. The van der Waals surface area contributed by atoms with Gasteiger partial charge in [0.15, 0.2) is 0 Å². The molecular formula is C14H21NO3. The van der Waals surface area contributed by atoms with Gasteiger partial charge in [0.2, 0.25) is 0 Å².